The zero-order valence-electron chi connectivity index (χ0n) is 15.2. The maximum absolute atomic E-state index is 12.4. The summed E-state index contributed by atoms with van der Waals surface area (Å²) < 4.78 is 2.00. The van der Waals surface area contributed by atoms with Crippen molar-refractivity contribution in [1.29, 1.82) is 0 Å². The van der Waals surface area contributed by atoms with Crippen molar-refractivity contribution in [3.8, 4) is 5.69 Å². The number of nitrogens with one attached hydrogen (secondary N) is 1. The summed E-state index contributed by atoms with van der Waals surface area (Å²) in [5, 5.41) is 2.95. The Morgan fingerprint density at radius 3 is 2.48 bits per heavy atom. The molecule has 6 nitrogen and oxygen atoms in total. The molecular formula is C21H23N5O. The van der Waals surface area contributed by atoms with E-state index in [-0.39, 0.29) is 5.91 Å². The van der Waals surface area contributed by atoms with Gasteiger partial charge in [0.2, 0.25) is 5.95 Å². The van der Waals surface area contributed by atoms with Crippen molar-refractivity contribution in [2.45, 2.75) is 25.8 Å². The number of hydrogen-bond acceptors (Lipinski definition) is 4. The molecule has 0 aliphatic carbocycles. The molecule has 1 aliphatic rings. The Morgan fingerprint density at radius 2 is 1.74 bits per heavy atom. The van der Waals surface area contributed by atoms with Gasteiger partial charge in [0.05, 0.1) is 12.2 Å². The van der Waals surface area contributed by atoms with E-state index < -0.39 is 0 Å². The number of hydrogen-bond donors (Lipinski definition) is 1. The molecule has 0 saturated carbocycles. The van der Waals surface area contributed by atoms with Gasteiger partial charge in [-0.2, -0.15) is 0 Å². The SMILES string of the molecule is O=C(NCc1ccnc(N2CCCCC2)n1)c1ccc(-n2cccc2)cc1. The van der Waals surface area contributed by atoms with Crippen LogP contribution >= 0.6 is 0 Å². The third-order valence-corrected chi connectivity index (χ3v) is 4.80. The molecule has 1 saturated heterocycles. The van der Waals surface area contributed by atoms with E-state index in [0.717, 1.165) is 30.4 Å². The van der Waals surface area contributed by atoms with E-state index in [1.54, 1.807) is 6.20 Å². The highest BCUT2D eigenvalue weighted by Crippen LogP contribution is 2.15. The summed E-state index contributed by atoms with van der Waals surface area (Å²) >= 11 is 0. The Hall–Kier alpha value is -3.15. The first-order valence-corrected chi connectivity index (χ1v) is 9.38. The fraction of sp³-hybridized carbons (Fsp3) is 0.286. The van der Waals surface area contributed by atoms with Crippen molar-refractivity contribution in [3.05, 3.63) is 72.3 Å². The van der Waals surface area contributed by atoms with Crippen molar-refractivity contribution < 1.29 is 4.79 Å². The van der Waals surface area contributed by atoms with Crippen LogP contribution in [0.25, 0.3) is 5.69 Å². The van der Waals surface area contributed by atoms with Gasteiger partial charge in [-0.3, -0.25) is 4.79 Å². The number of carbonyl (C=O) groups is 1. The number of piperidine rings is 1. The van der Waals surface area contributed by atoms with Crippen LogP contribution in [0.5, 0.6) is 0 Å². The lowest BCUT2D eigenvalue weighted by atomic mass is 10.1. The molecule has 1 aromatic carbocycles. The second kappa shape index (κ2) is 8.03. The molecule has 3 heterocycles. The lowest BCUT2D eigenvalue weighted by Crippen LogP contribution is -2.31. The molecule has 0 unspecified atom stereocenters. The fourth-order valence-corrected chi connectivity index (χ4v) is 3.29. The van der Waals surface area contributed by atoms with Crippen LogP contribution in [0.3, 0.4) is 0 Å². The number of carbonyl (C=O) groups excluding carboxylic acids is 1. The van der Waals surface area contributed by atoms with Crippen LogP contribution in [0.15, 0.2) is 61.1 Å². The molecule has 3 aromatic rings. The predicted octanol–water partition coefficient (Wildman–Crippen LogP) is 3.19. The summed E-state index contributed by atoms with van der Waals surface area (Å²) in [6.45, 7) is 2.40. The van der Waals surface area contributed by atoms with Gasteiger partial charge in [-0.05, 0) is 61.7 Å². The predicted molar refractivity (Wildman–Crippen MR) is 105 cm³/mol. The van der Waals surface area contributed by atoms with Crippen molar-refractivity contribution >= 4 is 11.9 Å². The summed E-state index contributed by atoms with van der Waals surface area (Å²) in [6.07, 6.45) is 9.36. The first-order valence-electron chi connectivity index (χ1n) is 9.38. The Balaban J connectivity index is 1.37. The number of nitrogens with zero attached hydrogens (tertiary/aromatic N) is 4. The third kappa shape index (κ3) is 4.16. The van der Waals surface area contributed by atoms with Crippen LogP contribution in [-0.4, -0.2) is 33.5 Å². The monoisotopic (exact) mass is 361 g/mol. The van der Waals surface area contributed by atoms with Crippen molar-refractivity contribution in [1.82, 2.24) is 19.9 Å². The molecular weight excluding hydrogens is 338 g/mol. The van der Waals surface area contributed by atoms with Gasteiger partial charge in [0.1, 0.15) is 0 Å². The maximum Gasteiger partial charge on any atom is 0.251 e. The van der Waals surface area contributed by atoms with Crippen molar-refractivity contribution in [3.63, 3.8) is 0 Å². The van der Waals surface area contributed by atoms with Crippen LogP contribution in [-0.2, 0) is 6.54 Å². The third-order valence-electron chi connectivity index (χ3n) is 4.80. The number of amides is 1. The lowest BCUT2D eigenvalue weighted by Gasteiger charge is -2.26. The van der Waals surface area contributed by atoms with Crippen molar-refractivity contribution in [2.24, 2.45) is 0 Å². The highest BCUT2D eigenvalue weighted by molar-refractivity contribution is 5.94. The second-order valence-corrected chi connectivity index (χ2v) is 6.72. The zero-order valence-corrected chi connectivity index (χ0v) is 15.2. The standard InChI is InChI=1S/C21H23N5O/c27-20(17-6-8-19(9-7-17)25-12-4-5-13-25)23-16-18-10-11-22-21(24-18)26-14-2-1-3-15-26/h4-13H,1-3,14-16H2,(H,23,27). The molecule has 4 rings (SSSR count). The summed E-state index contributed by atoms with van der Waals surface area (Å²) in [5.41, 5.74) is 2.48. The smallest absolute Gasteiger partial charge is 0.251 e. The van der Waals surface area contributed by atoms with Crippen LogP contribution in [0.1, 0.15) is 35.3 Å². The van der Waals surface area contributed by atoms with E-state index in [4.69, 9.17) is 0 Å². The average Bonchev–Trinajstić information content (AvgIpc) is 3.28. The van der Waals surface area contributed by atoms with Gasteiger partial charge in [-0.25, -0.2) is 9.97 Å². The molecule has 0 atom stereocenters. The topological polar surface area (TPSA) is 63.1 Å². The van der Waals surface area contributed by atoms with Crippen LogP contribution < -0.4 is 10.2 Å². The van der Waals surface area contributed by atoms with Crippen LogP contribution in [0.4, 0.5) is 5.95 Å². The molecule has 27 heavy (non-hydrogen) atoms. The zero-order chi connectivity index (χ0) is 18.5. The molecule has 1 aliphatic heterocycles. The summed E-state index contributed by atoms with van der Waals surface area (Å²) in [6, 6.07) is 13.3. The first-order chi connectivity index (χ1) is 13.3. The van der Waals surface area contributed by atoms with E-state index in [1.165, 1.54) is 19.3 Å². The Bertz CT molecular complexity index is 883. The molecule has 2 aromatic heterocycles. The van der Waals surface area contributed by atoms with Gasteiger partial charge in [0.25, 0.3) is 5.91 Å². The van der Waals surface area contributed by atoms with Gasteiger partial charge in [0.15, 0.2) is 0 Å². The molecule has 138 valence electrons. The number of aromatic nitrogens is 3. The van der Waals surface area contributed by atoms with Crippen molar-refractivity contribution in [2.75, 3.05) is 18.0 Å². The Labute approximate surface area is 158 Å². The van der Waals surface area contributed by atoms with Gasteiger partial charge in [0, 0.05) is 42.9 Å². The lowest BCUT2D eigenvalue weighted by molar-refractivity contribution is 0.0950. The highest BCUT2D eigenvalue weighted by Gasteiger charge is 2.14. The van der Waals surface area contributed by atoms with Gasteiger partial charge in [-0.15, -0.1) is 0 Å². The summed E-state index contributed by atoms with van der Waals surface area (Å²) in [7, 11) is 0. The molecule has 1 amide bonds. The normalized spacial score (nSPS) is 14.1. The fourth-order valence-electron chi connectivity index (χ4n) is 3.29. The number of rotatable bonds is 5. The van der Waals surface area contributed by atoms with E-state index in [1.807, 2.05) is 59.4 Å². The van der Waals surface area contributed by atoms with Crippen LogP contribution in [0.2, 0.25) is 0 Å². The van der Waals surface area contributed by atoms with Gasteiger partial charge >= 0.3 is 0 Å². The minimum Gasteiger partial charge on any atom is -0.346 e. The van der Waals surface area contributed by atoms with E-state index in [9.17, 15) is 4.79 Å². The Morgan fingerprint density at radius 1 is 1.00 bits per heavy atom. The largest absolute Gasteiger partial charge is 0.346 e. The first kappa shape index (κ1) is 17.3. The van der Waals surface area contributed by atoms with E-state index in [2.05, 4.69) is 20.2 Å². The minimum absolute atomic E-state index is 0.104. The highest BCUT2D eigenvalue weighted by atomic mass is 16.1. The van der Waals surface area contributed by atoms with E-state index in [0.29, 0.717) is 12.1 Å². The summed E-state index contributed by atoms with van der Waals surface area (Å²) in [4.78, 5) is 23.6. The minimum atomic E-state index is -0.104. The summed E-state index contributed by atoms with van der Waals surface area (Å²) in [5.74, 6) is 0.657. The van der Waals surface area contributed by atoms with Crippen LogP contribution in [0, 0.1) is 0 Å². The molecule has 1 N–H and O–H groups in total. The Kier molecular flexibility index (Phi) is 5.14. The number of anilines is 1. The second-order valence-electron chi connectivity index (χ2n) is 6.72. The molecule has 0 spiro atoms. The quantitative estimate of drug-likeness (QED) is 0.758. The molecule has 0 bridgehead atoms. The molecule has 6 heteroatoms. The maximum atomic E-state index is 12.4. The van der Waals surface area contributed by atoms with Gasteiger partial charge in [-0.1, -0.05) is 0 Å². The number of benzene rings is 1. The average molecular weight is 361 g/mol. The van der Waals surface area contributed by atoms with E-state index >= 15 is 0 Å². The van der Waals surface area contributed by atoms with Gasteiger partial charge < -0.3 is 14.8 Å². The molecule has 0 radical (unpaired) electrons. The molecule has 1 fully saturated rings.